The lowest BCUT2D eigenvalue weighted by molar-refractivity contribution is 1.02. The normalized spacial score (nSPS) is 10.7. The predicted molar refractivity (Wildman–Crippen MR) is 59.7 cm³/mol. The van der Waals surface area contributed by atoms with E-state index in [1.807, 2.05) is 13.0 Å². The number of hydrogen-bond donors (Lipinski definition) is 2. The highest BCUT2D eigenvalue weighted by Crippen LogP contribution is 2.25. The number of pyridine rings is 1. The summed E-state index contributed by atoms with van der Waals surface area (Å²) in [6.45, 7) is 3.36. The molecule has 0 saturated heterocycles. The van der Waals surface area contributed by atoms with Gasteiger partial charge in [0.25, 0.3) is 0 Å². The predicted octanol–water partition coefficient (Wildman–Crippen LogP) is 1.37. The van der Waals surface area contributed by atoms with E-state index < -0.39 is 0 Å². The van der Waals surface area contributed by atoms with Crippen molar-refractivity contribution in [3.05, 3.63) is 17.3 Å². The number of aromatic nitrogens is 2. The molecule has 4 nitrogen and oxygen atoms in total. The van der Waals surface area contributed by atoms with Crippen molar-refractivity contribution in [2.24, 2.45) is 5.73 Å². The summed E-state index contributed by atoms with van der Waals surface area (Å²) >= 11 is 1.61. The van der Waals surface area contributed by atoms with Gasteiger partial charge in [-0.15, -0.1) is 0 Å². The highest BCUT2D eigenvalue weighted by Gasteiger charge is 2.05. The Balaban J connectivity index is 2.42. The first-order valence-corrected chi connectivity index (χ1v) is 5.29. The second kappa shape index (κ2) is 3.89. The minimum Gasteiger partial charge on any atom is -0.382 e. The van der Waals surface area contributed by atoms with Crippen LogP contribution < -0.4 is 11.1 Å². The van der Waals surface area contributed by atoms with E-state index in [1.54, 1.807) is 17.5 Å². The molecule has 74 valence electrons. The maximum absolute atomic E-state index is 5.43. The fraction of sp³-hybridized carbons (Fsp3) is 0.333. The van der Waals surface area contributed by atoms with Gasteiger partial charge in [-0.25, -0.2) is 9.97 Å². The Bertz CT molecular complexity index is 437. The molecule has 0 unspecified atom stereocenters. The minimum atomic E-state index is 0.618. The fourth-order valence-corrected chi connectivity index (χ4v) is 2.07. The fourth-order valence-electron chi connectivity index (χ4n) is 1.29. The van der Waals surface area contributed by atoms with Gasteiger partial charge >= 0.3 is 0 Å². The molecule has 2 rings (SSSR count). The molecule has 2 heterocycles. The van der Waals surface area contributed by atoms with Gasteiger partial charge in [-0.2, -0.15) is 0 Å². The summed E-state index contributed by atoms with van der Waals surface area (Å²) in [6.07, 6.45) is 1.79. The summed E-state index contributed by atoms with van der Waals surface area (Å²) in [5.41, 5.74) is 7.40. The largest absolute Gasteiger partial charge is 0.382 e. The van der Waals surface area contributed by atoms with Crippen LogP contribution in [0.25, 0.3) is 10.3 Å². The Labute approximate surface area is 86.2 Å². The molecule has 0 fully saturated rings. The number of nitrogens with two attached hydrogens (primary N) is 1. The summed E-state index contributed by atoms with van der Waals surface area (Å²) in [7, 11) is 0. The first kappa shape index (κ1) is 9.36. The summed E-state index contributed by atoms with van der Waals surface area (Å²) in [4.78, 5) is 9.65. The zero-order valence-corrected chi connectivity index (χ0v) is 8.77. The quantitative estimate of drug-likeness (QED) is 0.799. The smallest absolute Gasteiger partial charge is 0.145 e. The van der Waals surface area contributed by atoms with Crippen molar-refractivity contribution >= 4 is 27.4 Å². The number of hydrogen-bond acceptors (Lipinski definition) is 5. The zero-order chi connectivity index (χ0) is 9.97. The average molecular weight is 208 g/mol. The molecule has 0 spiro atoms. The maximum atomic E-state index is 5.43. The molecule has 0 aliphatic rings. The lowest BCUT2D eigenvalue weighted by Gasteiger charge is -2.03. The van der Waals surface area contributed by atoms with Gasteiger partial charge in [-0.3, -0.25) is 0 Å². The summed E-state index contributed by atoms with van der Waals surface area (Å²) in [5.74, 6) is 0. The van der Waals surface area contributed by atoms with Crippen molar-refractivity contribution in [3.63, 3.8) is 0 Å². The van der Waals surface area contributed by atoms with Gasteiger partial charge in [0, 0.05) is 19.3 Å². The Morgan fingerprint density at radius 1 is 1.57 bits per heavy atom. The van der Waals surface area contributed by atoms with Crippen LogP contribution in [-0.2, 0) is 0 Å². The minimum absolute atomic E-state index is 0.618. The number of rotatable bonds is 3. The van der Waals surface area contributed by atoms with Crippen molar-refractivity contribution in [1.29, 1.82) is 0 Å². The molecule has 3 N–H and O–H groups in total. The number of anilines is 1. The summed E-state index contributed by atoms with van der Waals surface area (Å²) < 4.78 is 0. The van der Waals surface area contributed by atoms with Gasteiger partial charge in [0.1, 0.15) is 10.3 Å². The molecular weight excluding hydrogens is 196 g/mol. The van der Waals surface area contributed by atoms with Gasteiger partial charge < -0.3 is 11.1 Å². The van der Waals surface area contributed by atoms with Crippen LogP contribution in [0.4, 0.5) is 5.69 Å². The molecule has 2 aromatic rings. The number of aryl methyl sites for hydroxylation is 1. The molecule has 5 heteroatoms. The van der Waals surface area contributed by atoms with E-state index in [0.29, 0.717) is 6.54 Å². The van der Waals surface area contributed by atoms with Crippen LogP contribution in [-0.4, -0.2) is 23.1 Å². The first-order chi connectivity index (χ1) is 6.81. The Hall–Kier alpha value is -1.20. The highest BCUT2D eigenvalue weighted by atomic mass is 32.1. The molecular formula is C9H12N4S. The summed E-state index contributed by atoms with van der Waals surface area (Å²) in [6, 6.07) is 1.93. The van der Waals surface area contributed by atoms with Crippen molar-refractivity contribution in [3.8, 4) is 0 Å². The van der Waals surface area contributed by atoms with Crippen LogP contribution >= 0.6 is 11.3 Å². The molecule has 0 amide bonds. The molecule has 0 saturated carbocycles. The van der Waals surface area contributed by atoms with Gasteiger partial charge in [0.15, 0.2) is 0 Å². The third kappa shape index (κ3) is 1.69. The Morgan fingerprint density at radius 3 is 3.21 bits per heavy atom. The molecule has 0 atom stereocenters. The van der Waals surface area contributed by atoms with E-state index in [-0.39, 0.29) is 0 Å². The second-order valence-electron chi connectivity index (χ2n) is 2.96. The standard InChI is InChI=1S/C9H12N4S/c1-6-13-8-7(11-5-3-10)2-4-12-9(8)14-6/h2,4H,3,5,10H2,1H3,(H,11,12). The van der Waals surface area contributed by atoms with E-state index in [1.165, 1.54) is 0 Å². The SMILES string of the molecule is Cc1nc2c(NCCN)ccnc2s1. The van der Waals surface area contributed by atoms with Crippen LogP contribution in [0.1, 0.15) is 5.01 Å². The van der Waals surface area contributed by atoms with Crippen molar-refractivity contribution in [1.82, 2.24) is 9.97 Å². The topological polar surface area (TPSA) is 63.8 Å². The van der Waals surface area contributed by atoms with E-state index in [0.717, 1.165) is 27.6 Å². The van der Waals surface area contributed by atoms with Gasteiger partial charge in [0.05, 0.1) is 10.7 Å². The van der Waals surface area contributed by atoms with E-state index in [2.05, 4.69) is 15.3 Å². The van der Waals surface area contributed by atoms with E-state index in [9.17, 15) is 0 Å². The average Bonchev–Trinajstić information content (AvgIpc) is 2.55. The highest BCUT2D eigenvalue weighted by molar-refractivity contribution is 7.18. The van der Waals surface area contributed by atoms with Crippen LogP contribution in [0.2, 0.25) is 0 Å². The maximum Gasteiger partial charge on any atom is 0.145 e. The first-order valence-electron chi connectivity index (χ1n) is 4.47. The van der Waals surface area contributed by atoms with Gasteiger partial charge in [0.2, 0.25) is 0 Å². The number of nitrogens with zero attached hydrogens (tertiary/aromatic N) is 2. The van der Waals surface area contributed by atoms with Crippen molar-refractivity contribution in [2.75, 3.05) is 18.4 Å². The van der Waals surface area contributed by atoms with Gasteiger partial charge in [-0.05, 0) is 13.0 Å². The Morgan fingerprint density at radius 2 is 2.43 bits per heavy atom. The second-order valence-corrected chi connectivity index (χ2v) is 4.14. The van der Waals surface area contributed by atoms with Crippen LogP contribution in [0, 0.1) is 6.92 Å². The van der Waals surface area contributed by atoms with Crippen LogP contribution in [0.15, 0.2) is 12.3 Å². The third-order valence-electron chi connectivity index (χ3n) is 1.86. The molecule has 0 bridgehead atoms. The van der Waals surface area contributed by atoms with E-state index in [4.69, 9.17) is 5.73 Å². The number of thiazole rings is 1. The van der Waals surface area contributed by atoms with Gasteiger partial charge in [-0.1, -0.05) is 11.3 Å². The van der Waals surface area contributed by atoms with Crippen LogP contribution in [0.5, 0.6) is 0 Å². The summed E-state index contributed by atoms with van der Waals surface area (Å²) in [5, 5.41) is 4.27. The molecule has 0 aliphatic carbocycles. The van der Waals surface area contributed by atoms with Crippen molar-refractivity contribution in [2.45, 2.75) is 6.92 Å². The van der Waals surface area contributed by atoms with E-state index >= 15 is 0 Å². The van der Waals surface area contributed by atoms with Crippen molar-refractivity contribution < 1.29 is 0 Å². The molecule has 0 aliphatic heterocycles. The molecule has 0 radical (unpaired) electrons. The lowest BCUT2D eigenvalue weighted by Crippen LogP contribution is -2.13. The van der Waals surface area contributed by atoms with Crippen LogP contribution in [0.3, 0.4) is 0 Å². The lowest BCUT2D eigenvalue weighted by atomic mass is 10.3. The third-order valence-corrected chi connectivity index (χ3v) is 2.74. The zero-order valence-electron chi connectivity index (χ0n) is 7.95. The molecule has 14 heavy (non-hydrogen) atoms. The monoisotopic (exact) mass is 208 g/mol. The Kier molecular flexibility index (Phi) is 2.60. The molecule has 0 aromatic carbocycles. The molecule has 2 aromatic heterocycles. The number of fused-ring (bicyclic) bond motifs is 1. The number of nitrogens with one attached hydrogen (secondary N) is 1.